The summed E-state index contributed by atoms with van der Waals surface area (Å²) in [5, 5.41) is 15.1. The first-order valence-corrected chi connectivity index (χ1v) is 6.78. The van der Waals surface area contributed by atoms with Crippen molar-refractivity contribution in [2.75, 3.05) is 31.1 Å². The van der Waals surface area contributed by atoms with Gasteiger partial charge < -0.3 is 10.2 Å². The molecule has 0 aromatic carbocycles. The number of aromatic nitrogens is 6. The van der Waals surface area contributed by atoms with Crippen molar-refractivity contribution in [2.45, 2.75) is 13.5 Å². The predicted octanol–water partition coefficient (Wildman–Crippen LogP) is -0.450. The van der Waals surface area contributed by atoms with Gasteiger partial charge in [-0.2, -0.15) is 4.80 Å². The molecule has 118 valence electrons. The number of hydrogen-bond acceptors (Lipinski definition) is 8. The van der Waals surface area contributed by atoms with E-state index in [1.165, 1.54) is 11.7 Å². The quantitative estimate of drug-likeness (QED) is 0.807. The van der Waals surface area contributed by atoms with Crippen LogP contribution in [0.5, 0.6) is 0 Å². The zero-order valence-electron chi connectivity index (χ0n) is 12.1. The normalized spacial score (nSPS) is 14.5. The Morgan fingerprint density at radius 1 is 1.27 bits per heavy atom. The zero-order chi connectivity index (χ0) is 14.7. The third-order valence-electron chi connectivity index (χ3n) is 3.13. The molecule has 0 saturated carbocycles. The number of nitrogens with one attached hydrogen (secondary N) is 1. The van der Waals surface area contributed by atoms with Gasteiger partial charge in [-0.25, -0.2) is 9.97 Å². The Labute approximate surface area is 133 Å². The Morgan fingerprint density at radius 3 is 2.68 bits per heavy atom. The number of anilines is 1. The minimum atomic E-state index is -0.0286. The molecule has 2 aromatic heterocycles. The number of halogens is 1. The smallest absolute Gasteiger partial charge is 0.224 e. The first-order chi connectivity index (χ1) is 10.2. The molecule has 0 aliphatic carbocycles. The van der Waals surface area contributed by atoms with E-state index >= 15 is 0 Å². The molecule has 2 aromatic rings. The standard InChI is InChI=1S/C12H16N8O.ClH/c1-9(21)8-20-17-12(16-18-20)10-6-15-11(7-14-10)19-4-2-13-3-5-19;/h6-7,13H,2-5,8H2,1H3;1H. The molecule has 3 heterocycles. The van der Waals surface area contributed by atoms with E-state index in [9.17, 15) is 4.79 Å². The van der Waals surface area contributed by atoms with Gasteiger partial charge in [0, 0.05) is 26.2 Å². The van der Waals surface area contributed by atoms with E-state index in [0.717, 1.165) is 32.0 Å². The minimum Gasteiger partial charge on any atom is -0.353 e. The summed E-state index contributed by atoms with van der Waals surface area (Å²) in [5.74, 6) is 1.19. The van der Waals surface area contributed by atoms with Crippen LogP contribution in [0.3, 0.4) is 0 Å². The second-order valence-electron chi connectivity index (χ2n) is 4.84. The van der Waals surface area contributed by atoms with E-state index in [1.54, 1.807) is 12.4 Å². The van der Waals surface area contributed by atoms with Crippen molar-refractivity contribution in [1.29, 1.82) is 0 Å². The summed E-state index contributed by atoms with van der Waals surface area (Å²) in [6.45, 7) is 5.32. The highest BCUT2D eigenvalue weighted by Gasteiger charge is 2.13. The van der Waals surface area contributed by atoms with Gasteiger partial charge >= 0.3 is 0 Å². The Kier molecular flexibility index (Phi) is 5.34. The van der Waals surface area contributed by atoms with E-state index < -0.39 is 0 Å². The summed E-state index contributed by atoms with van der Waals surface area (Å²) in [4.78, 5) is 23.2. The molecule has 1 aliphatic heterocycles. The first kappa shape index (κ1) is 16.2. The van der Waals surface area contributed by atoms with Gasteiger partial charge in [-0.1, -0.05) is 0 Å². The molecule has 0 atom stereocenters. The molecule has 22 heavy (non-hydrogen) atoms. The minimum absolute atomic E-state index is 0. The van der Waals surface area contributed by atoms with E-state index in [0.29, 0.717) is 11.5 Å². The number of hydrogen-bond donors (Lipinski definition) is 1. The third kappa shape index (κ3) is 3.74. The highest BCUT2D eigenvalue weighted by molar-refractivity contribution is 5.85. The van der Waals surface area contributed by atoms with Gasteiger partial charge in [-0.15, -0.1) is 22.6 Å². The first-order valence-electron chi connectivity index (χ1n) is 6.78. The van der Waals surface area contributed by atoms with Crippen LogP contribution in [0.15, 0.2) is 12.4 Å². The van der Waals surface area contributed by atoms with Gasteiger partial charge in [-0.3, -0.25) is 4.79 Å². The van der Waals surface area contributed by atoms with Crippen LogP contribution >= 0.6 is 12.4 Å². The molecule has 1 fully saturated rings. The summed E-state index contributed by atoms with van der Waals surface area (Å²) < 4.78 is 0. The molecule has 0 amide bonds. The molecule has 1 N–H and O–H groups in total. The van der Waals surface area contributed by atoms with Gasteiger partial charge in [0.1, 0.15) is 18.1 Å². The highest BCUT2D eigenvalue weighted by atomic mass is 35.5. The molecule has 1 aliphatic rings. The highest BCUT2D eigenvalue weighted by Crippen LogP contribution is 2.14. The fourth-order valence-electron chi connectivity index (χ4n) is 2.11. The maximum absolute atomic E-state index is 11.0. The van der Waals surface area contributed by atoms with Crippen LogP contribution in [0.25, 0.3) is 11.5 Å². The lowest BCUT2D eigenvalue weighted by Crippen LogP contribution is -2.43. The summed E-state index contributed by atoms with van der Waals surface area (Å²) in [6, 6.07) is 0. The number of carbonyl (C=O) groups excluding carboxylic acids is 1. The number of carbonyl (C=O) groups is 1. The monoisotopic (exact) mass is 324 g/mol. The lowest BCUT2D eigenvalue weighted by molar-refractivity contribution is -0.117. The van der Waals surface area contributed by atoms with Crippen LogP contribution in [-0.2, 0) is 11.3 Å². The number of piperazine rings is 1. The lowest BCUT2D eigenvalue weighted by atomic mass is 10.3. The Balaban J connectivity index is 0.00000176. The van der Waals surface area contributed by atoms with Crippen molar-refractivity contribution in [3.8, 4) is 11.5 Å². The third-order valence-corrected chi connectivity index (χ3v) is 3.13. The van der Waals surface area contributed by atoms with Crippen molar-refractivity contribution in [3.05, 3.63) is 12.4 Å². The summed E-state index contributed by atoms with van der Waals surface area (Å²) in [5.41, 5.74) is 0.545. The van der Waals surface area contributed by atoms with Crippen molar-refractivity contribution in [1.82, 2.24) is 35.5 Å². The molecule has 0 radical (unpaired) electrons. The van der Waals surface area contributed by atoms with Crippen molar-refractivity contribution >= 4 is 24.0 Å². The number of nitrogens with zero attached hydrogens (tertiary/aromatic N) is 7. The van der Waals surface area contributed by atoms with Crippen molar-refractivity contribution < 1.29 is 4.79 Å². The Bertz CT molecular complexity index is 622. The van der Waals surface area contributed by atoms with E-state index in [-0.39, 0.29) is 24.7 Å². The molecule has 1 saturated heterocycles. The molecular weight excluding hydrogens is 308 g/mol. The summed E-state index contributed by atoms with van der Waals surface area (Å²) in [7, 11) is 0. The average Bonchev–Trinajstić information content (AvgIpc) is 2.96. The molecule has 0 spiro atoms. The van der Waals surface area contributed by atoms with Crippen LogP contribution in [-0.4, -0.2) is 62.1 Å². The van der Waals surface area contributed by atoms with Crippen LogP contribution < -0.4 is 10.2 Å². The molecule has 3 rings (SSSR count). The fourth-order valence-corrected chi connectivity index (χ4v) is 2.11. The van der Waals surface area contributed by atoms with Gasteiger partial charge in [0.25, 0.3) is 0 Å². The summed E-state index contributed by atoms with van der Waals surface area (Å²) in [6.07, 6.45) is 3.35. The summed E-state index contributed by atoms with van der Waals surface area (Å²) >= 11 is 0. The number of ketones is 1. The number of rotatable bonds is 4. The molecule has 10 heteroatoms. The van der Waals surface area contributed by atoms with Crippen molar-refractivity contribution in [3.63, 3.8) is 0 Å². The Morgan fingerprint density at radius 2 is 2.05 bits per heavy atom. The molecular formula is C12H17ClN8O. The van der Waals surface area contributed by atoms with Gasteiger partial charge in [0.2, 0.25) is 5.82 Å². The lowest BCUT2D eigenvalue weighted by Gasteiger charge is -2.27. The molecule has 9 nitrogen and oxygen atoms in total. The van der Waals surface area contributed by atoms with E-state index in [1.807, 2.05) is 0 Å². The van der Waals surface area contributed by atoms with Crippen LogP contribution in [0.1, 0.15) is 6.92 Å². The van der Waals surface area contributed by atoms with Gasteiger partial charge in [0.05, 0.1) is 12.4 Å². The van der Waals surface area contributed by atoms with Crippen molar-refractivity contribution in [2.24, 2.45) is 0 Å². The van der Waals surface area contributed by atoms with Crippen LogP contribution in [0.4, 0.5) is 5.82 Å². The number of tetrazole rings is 1. The van der Waals surface area contributed by atoms with Crippen LogP contribution in [0.2, 0.25) is 0 Å². The SMILES string of the molecule is CC(=O)Cn1nnc(-c2cnc(N3CCNCC3)cn2)n1.Cl. The fraction of sp³-hybridized carbons (Fsp3) is 0.500. The second-order valence-corrected chi connectivity index (χ2v) is 4.84. The Hall–Kier alpha value is -2.13. The van der Waals surface area contributed by atoms with Gasteiger partial charge in [0.15, 0.2) is 5.78 Å². The second kappa shape index (κ2) is 7.23. The topological polar surface area (TPSA) is 102 Å². The van der Waals surface area contributed by atoms with Gasteiger partial charge in [-0.05, 0) is 12.1 Å². The van der Waals surface area contributed by atoms with E-state index in [2.05, 4.69) is 35.6 Å². The zero-order valence-corrected chi connectivity index (χ0v) is 13.0. The molecule has 0 bridgehead atoms. The number of Topliss-reactive ketones (excluding diaryl/α,β-unsaturated/α-hetero) is 1. The van der Waals surface area contributed by atoms with Crippen LogP contribution in [0, 0.1) is 0 Å². The average molecular weight is 325 g/mol. The predicted molar refractivity (Wildman–Crippen MR) is 81.9 cm³/mol. The largest absolute Gasteiger partial charge is 0.353 e. The maximum atomic E-state index is 11.0. The molecule has 0 unspecified atom stereocenters. The van der Waals surface area contributed by atoms with E-state index in [4.69, 9.17) is 0 Å². The maximum Gasteiger partial charge on any atom is 0.224 e.